The summed E-state index contributed by atoms with van der Waals surface area (Å²) in [5.74, 6) is 1.58. The highest BCUT2D eigenvalue weighted by Gasteiger charge is 2.24. The summed E-state index contributed by atoms with van der Waals surface area (Å²) in [5.41, 5.74) is 5.92. The zero-order chi connectivity index (χ0) is 9.78. The Balaban J connectivity index is 3.84. The van der Waals surface area contributed by atoms with Crippen LogP contribution in [0.3, 0.4) is 0 Å². The van der Waals surface area contributed by atoms with Gasteiger partial charge in [-0.25, -0.2) is 0 Å². The van der Waals surface area contributed by atoms with Crippen molar-refractivity contribution in [2.75, 3.05) is 6.54 Å². The predicted octanol–water partition coefficient (Wildman–Crippen LogP) is 3.04. The van der Waals surface area contributed by atoms with Crippen LogP contribution in [0, 0.1) is 17.3 Å². The van der Waals surface area contributed by atoms with Crippen molar-refractivity contribution < 1.29 is 0 Å². The minimum Gasteiger partial charge on any atom is -0.330 e. The standard InChI is InChI=1S/C11H25N/c1-9(7-6-8-12)10(2)11(3,4)5/h9-10H,6-8,12H2,1-5H3. The van der Waals surface area contributed by atoms with Gasteiger partial charge in [0.25, 0.3) is 0 Å². The summed E-state index contributed by atoms with van der Waals surface area (Å²) < 4.78 is 0. The fraction of sp³-hybridized carbons (Fsp3) is 1.00. The molecule has 0 spiro atoms. The van der Waals surface area contributed by atoms with E-state index < -0.39 is 0 Å². The number of rotatable bonds is 4. The normalized spacial score (nSPS) is 17.5. The molecule has 0 aliphatic heterocycles. The highest BCUT2D eigenvalue weighted by Crippen LogP contribution is 2.33. The second kappa shape index (κ2) is 4.86. The molecule has 0 aromatic heterocycles. The average molecular weight is 171 g/mol. The molecule has 0 radical (unpaired) electrons. The van der Waals surface area contributed by atoms with E-state index in [1.165, 1.54) is 12.8 Å². The van der Waals surface area contributed by atoms with Crippen molar-refractivity contribution >= 4 is 0 Å². The van der Waals surface area contributed by atoms with Crippen LogP contribution in [0.25, 0.3) is 0 Å². The van der Waals surface area contributed by atoms with Crippen molar-refractivity contribution in [3.63, 3.8) is 0 Å². The molecule has 2 N–H and O–H groups in total. The quantitative estimate of drug-likeness (QED) is 0.691. The fourth-order valence-electron chi connectivity index (χ4n) is 1.54. The van der Waals surface area contributed by atoms with Crippen molar-refractivity contribution in [3.05, 3.63) is 0 Å². The minimum absolute atomic E-state index is 0.439. The van der Waals surface area contributed by atoms with Gasteiger partial charge in [0.2, 0.25) is 0 Å². The van der Waals surface area contributed by atoms with Crippen LogP contribution in [0.2, 0.25) is 0 Å². The molecule has 0 aliphatic rings. The van der Waals surface area contributed by atoms with Crippen LogP contribution >= 0.6 is 0 Å². The Morgan fingerprint density at radius 3 is 2.00 bits per heavy atom. The molecule has 0 fully saturated rings. The van der Waals surface area contributed by atoms with E-state index in [9.17, 15) is 0 Å². The van der Waals surface area contributed by atoms with E-state index in [4.69, 9.17) is 5.73 Å². The van der Waals surface area contributed by atoms with E-state index >= 15 is 0 Å². The van der Waals surface area contributed by atoms with Crippen LogP contribution in [0.1, 0.15) is 47.5 Å². The third-order valence-electron chi connectivity index (χ3n) is 3.08. The van der Waals surface area contributed by atoms with Crippen LogP contribution in [0.15, 0.2) is 0 Å². The second-order valence-corrected chi connectivity index (χ2v) is 5.06. The van der Waals surface area contributed by atoms with Crippen LogP contribution in [0.4, 0.5) is 0 Å². The van der Waals surface area contributed by atoms with E-state index in [0.29, 0.717) is 5.41 Å². The molecule has 1 heteroatoms. The van der Waals surface area contributed by atoms with Crippen LogP contribution in [-0.4, -0.2) is 6.54 Å². The molecular weight excluding hydrogens is 146 g/mol. The van der Waals surface area contributed by atoms with Gasteiger partial charge in [0.15, 0.2) is 0 Å². The monoisotopic (exact) mass is 171 g/mol. The molecule has 2 atom stereocenters. The lowest BCUT2D eigenvalue weighted by atomic mass is 9.74. The van der Waals surface area contributed by atoms with Gasteiger partial charge in [-0.15, -0.1) is 0 Å². The topological polar surface area (TPSA) is 26.0 Å². The van der Waals surface area contributed by atoms with Gasteiger partial charge >= 0.3 is 0 Å². The van der Waals surface area contributed by atoms with Crippen molar-refractivity contribution in [2.45, 2.75) is 47.5 Å². The first-order chi connectivity index (χ1) is 5.39. The Hall–Kier alpha value is -0.0400. The lowest BCUT2D eigenvalue weighted by molar-refractivity contribution is 0.179. The summed E-state index contributed by atoms with van der Waals surface area (Å²) in [6, 6.07) is 0. The summed E-state index contributed by atoms with van der Waals surface area (Å²) >= 11 is 0. The van der Waals surface area contributed by atoms with Gasteiger partial charge in [-0.05, 0) is 36.6 Å². The van der Waals surface area contributed by atoms with Crippen molar-refractivity contribution in [2.24, 2.45) is 23.0 Å². The Morgan fingerprint density at radius 1 is 1.17 bits per heavy atom. The number of nitrogens with two attached hydrogens (primary N) is 1. The minimum atomic E-state index is 0.439. The van der Waals surface area contributed by atoms with Crippen LogP contribution in [0.5, 0.6) is 0 Å². The van der Waals surface area contributed by atoms with E-state index in [1.807, 2.05) is 0 Å². The Bertz CT molecular complexity index is 113. The number of hydrogen-bond donors (Lipinski definition) is 1. The number of hydrogen-bond acceptors (Lipinski definition) is 1. The zero-order valence-corrected chi connectivity index (χ0v) is 9.35. The molecule has 0 aliphatic carbocycles. The largest absolute Gasteiger partial charge is 0.330 e. The predicted molar refractivity (Wildman–Crippen MR) is 56.1 cm³/mol. The van der Waals surface area contributed by atoms with Gasteiger partial charge in [-0.2, -0.15) is 0 Å². The maximum absolute atomic E-state index is 5.49. The molecule has 0 saturated carbocycles. The first kappa shape index (κ1) is 12.0. The molecule has 0 bridgehead atoms. The smallest absolute Gasteiger partial charge is 0.00772 e. The van der Waals surface area contributed by atoms with Crippen LogP contribution < -0.4 is 5.73 Å². The molecule has 0 aromatic rings. The molecule has 2 unspecified atom stereocenters. The molecule has 74 valence electrons. The lowest BCUT2D eigenvalue weighted by Crippen LogP contribution is -2.24. The Kier molecular flexibility index (Phi) is 4.84. The molecule has 12 heavy (non-hydrogen) atoms. The highest BCUT2D eigenvalue weighted by atomic mass is 14.5. The first-order valence-electron chi connectivity index (χ1n) is 5.09. The molecular formula is C11H25N. The van der Waals surface area contributed by atoms with Gasteiger partial charge in [0.05, 0.1) is 0 Å². The fourth-order valence-corrected chi connectivity index (χ4v) is 1.54. The maximum Gasteiger partial charge on any atom is -0.00772 e. The summed E-state index contributed by atoms with van der Waals surface area (Å²) in [4.78, 5) is 0. The van der Waals surface area contributed by atoms with Gasteiger partial charge < -0.3 is 5.73 Å². The molecule has 0 rings (SSSR count). The SMILES string of the molecule is CC(CCCN)C(C)C(C)(C)C. The maximum atomic E-state index is 5.49. The summed E-state index contributed by atoms with van der Waals surface area (Å²) in [6.07, 6.45) is 2.44. The molecule has 0 saturated heterocycles. The first-order valence-corrected chi connectivity index (χ1v) is 5.09. The Labute approximate surface area is 77.7 Å². The molecule has 0 heterocycles. The van der Waals surface area contributed by atoms with Crippen LogP contribution in [-0.2, 0) is 0 Å². The summed E-state index contributed by atoms with van der Waals surface area (Å²) in [7, 11) is 0. The summed E-state index contributed by atoms with van der Waals surface area (Å²) in [5, 5.41) is 0. The van der Waals surface area contributed by atoms with Crippen molar-refractivity contribution in [3.8, 4) is 0 Å². The molecule has 0 aromatic carbocycles. The van der Waals surface area contributed by atoms with E-state index in [1.54, 1.807) is 0 Å². The summed E-state index contributed by atoms with van der Waals surface area (Å²) in [6.45, 7) is 12.5. The van der Waals surface area contributed by atoms with Gasteiger partial charge in [-0.1, -0.05) is 34.6 Å². The van der Waals surface area contributed by atoms with E-state index in [0.717, 1.165) is 18.4 Å². The Morgan fingerprint density at radius 2 is 1.67 bits per heavy atom. The lowest BCUT2D eigenvalue weighted by Gasteiger charge is -2.32. The molecule has 1 nitrogen and oxygen atoms in total. The van der Waals surface area contributed by atoms with Gasteiger partial charge in [0.1, 0.15) is 0 Å². The highest BCUT2D eigenvalue weighted by molar-refractivity contribution is 4.74. The van der Waals surface area contributed by atoms with E-state index in [-0.39, 0.29) is 0 Å². The average Bonchev–Trinajstić information content (AvgIpc) is 1.97. The van der Waals surface area contributed by atoms with Crippen molar-refractivity contribution in [1.29, 1.82) is 0 Å². The third kappa shape index (κ3) is 4.10. The van der Waals surface area contributed by atoms with E-state index in [2.05, 4.69) is 34.6 Å². The molecule has 0 amide bonds. The van der Waals surface area contributed by atoms with Crippen molar-refractivity contribution in [1.82, 2.24) is 0 Å². The van der Waals surface area contributed by atoms with Gasteiger partial charge in [0, 0.05) is 0 Å². The van der Waals surface area contributed by atoms with Gasteiger partial charge in [-0.3, -0.25) is 0 Å². The zero-order valence-electron chi connectivity index (χ0n) is 9.35. The third-order valence-corrected chi connectivity index (χ3v) is 3.08. The second-order valence-electron chi connectivity index (χ2n) is 5.06.